The van der Waals surface area contributed by atoms with Crippen LogP contribution in [0.25, 0.3) is 0 Å². The van der Waals surface area contributed by atoms with Crippen molar-refractivity contribution in [1.82, 2.24) is 10.3 Å². The van der Waals surface area contributed by atoms with Gasteiger partial charge < -0.3 is 15.5 Å². The van der Waals surface area contributed by atoms with Gasteiger partial charge in [-0.3, -0.25) is 14.7 Å². The molecule has 8 nitrogen and oxygen atoms in total. The monoisotopic (exact) mass is 267 g/mol. The highest BCUT2D eigenvalue weighted by atomic mass is 16.4. The van der Waals surface area contributed by atoms with E-state index in [4.69, 9.17) is 10.2 Å². The summed E-state index contributed by atoms with van der Waals surface area (Å²) in [5, 5.41) is 19.5. The molecule has 1 heterocycles. The number of hydrogen-bond acceptors (Lipinski definition) is 4. The quantitative estimate of drug-likeness (QED) is 0.698. The maximum atomic E-state index is 11.8. The van der Waals surface area contributed by atoms with Crippen molar-refractivity contribution in [2.24, 2.45) is 0 Å². The fourth-order valence-corrected chi connectivity index (χ4v) is 1.29. The molecule has 0 aromatic carbocycles. The van der Waals surface area contributed by atoms with Gasteiger partial charge in [-0.05, 0) is 12.1 Å². The minimum absolute atomic E-state index is 0.458. The van der Waals surface area contributed by atoms with E-state index in [0.717, 1.165) is 4.90 Å². The largest absolute Gasteiger partial charge is 0.481 e. The first-order valence-corrected chi connectivity index (χ1v) is 5.30. The smallest absolute Gasteiger partial charge is 0.326 e. The number of hydrogen-bond donors (Lipinski definition) is 3. The molecule has 0 spiro atoms. The number of urea groups is 1. The molecule has 0 saturated heterocycles. The van der Waals surface area contributed by atoms with Crippen molar-refractivity contribution in [3.05, 3.63) is 24.5 Å². The molecular weight excluding hydrogens is 254 g/mol. The average molecular weight is 267 g/mol. The van der Waals surface area contributed by atoms with Gasteiger partial charge in [-0.1, -0.05) is 0 Å². The number of nitrogens with zero attached hydrogens (tertiary/aromatic N) is 2. The van der Waals surface area contributed by atoms with E-state index in [0.29, 0.717) is 5.69 Å². The summed E-state index contributed by atoms with van der Waals surface area (Å²) in [6.07, 6.45) is 2.26. The minimum Gasteiger partial charge on any atom is -0.481 e. The van der Waals surface area contributed by atoms with Crippen LogP contribution in [0, 0.1) is 0 Å². The molecule has 0 radical (unpaired) electrons. The Hall–Kier alpha value is -2.64. The highest BCUT2D eigenvalue weighted by molar-refractivity contribution is 5.94. The Morgan fingerprint density at radius 3 is 2.58 bits per heavy atom. The molecule has 102 valence electrons. The Labute approximate surface area is 108 Å². The molecule has 1 aromatic rings. The fraction of sp³-hybridized carbons (Fsp3) is 0.273. The molecule has 8 heteroatoms. The van der Waals surface area contributed by atoms with E-state index in [1.165, 1.54) is 19.4 Å². The summed E-state index contributed by atoms with van der Waals surface area (Å²) in [6.45, 7) is 0. The average Bonchev–Trinajstić information content (AvgIpc) is 2.37. The van der Waals surface area contributed by atoms with E-state index < -0.39 is 30.4 Å². The number of carboxylic acids is 2. The standard InChI is InChI=1S/C11H13N3O5/c1-14(7-3-2-4-12-6-7)11(19)13-8(10(17)18)5-9(15)16/h2-4,6,8H,5H2,1H3,(H,13,19)(H,15,16)(H,17,18)/t8-/m0/s1. The Kier molecular flexibility index (Phi) is 4.81. The number of carboxylic acid groups (broad SMARTS) is 2. The van der Waals surface area contributed by atoms with Crippen LogP contribution in [0.2, 0.25) is 0 Å². The van der Waals surface area contributed by atoms with Crippen molar-refractivity contribution in [3.8, 4) is 0 Å². The summed E-state index contributed by atoms with van der Waals surface area (Å²) in [6, 6.07) is 1.02. The minimum atomic E-state index is -1.48. The third kappa shape index (κ3) is 4.26. The van der Waals surface area contributed by atoms with Gasteiger partial charge >= 0.3 is 18.0 Å². The number of anilines is 1. The Bertz CT molecular complexity index is 476. The number of carbonyl (C=O) groups is 3. The summed E-state index contributed by atoms with van der Waals surface area (Å²) in [5.74, 6) is -2.72. The first-order chi connectivity index (χ1) is 8.91. The molecule has 1 atom stereocenters. The topological polar surface area (TPSA) is 120 Å². The number of amides is 2. The lowest BCUT2D eigenvalue weighted by Crippen LogP contribution is -2.47. The number of pyridine rings is 1. The first kappa shape index (κ1) is 14.4. The maximum absolute atomic E-state index is 11.8. The van der Waals surface area contributed by atoms with E-state index in [9.17, 15) is 14.4 Å². The maximum Gasteiger partial charge on any atom is 0.326 e. The summed E-state index contributed by atoms with van der Waals surface area (Å²) >= 11 is 0. The number of rotatable bonds is 5. The molecule has 0 unspecified atom stereocenters. The zero-order chi connectivity index (χ0) is 14.4. The SMILES string of the molecule is CN(C(=O)N[C@@H](CC(=O)O)C(=O)O)c1cccnc1. The zero-order valence-corrected chi connectivity index (χ0v) is 10.1. The van der Waals surface area contributed by atoms with Crippen LogP contribution in [0.4, 0.5) is 10.5 Å². The van der Waals surface area contributed by atoms with E-state index >= 15 is 0 Å². The van der Waals surface area contributed by atoms with Crippen LogP contribution in [0.15, 0.2) is 24.5 Å². The molecular formula is C11H13N3O5. The van der Waals surface area contributed by atoms with Crippen molar-refractivity contribution in [2.75, 3.05) is 11.9 Å². The molecule has 0 aliphatic rings. The molecule has 1 rings (SSSR count). The highest BCUT2D eigenvalue weighted by Gasteiger charge is 2.24. The molecule has 2 amide bonds. The zero-order valence-electron chi connectivity index (χ0n) is 10.1. The van der Waals surface area contributed by atoms with Crippen LogP contribution in [0.1, 0.15) is 6.42 Å². The van der Waals surface area contributed by atoms with E-state index in [2.05, 4.69) is 10.3 Å². The van der Waals surface area contributed by atoms with Crippen LogP contribution < -0.4 is 10.2 Å². The lowest BCUT2D eigenvalue weighted by atomic mass is 10.2. The second-order valence-electron chi connectivity index (χ2n) is 3.71. The van der Waals surface area contributed by atoms with Crippen LogP contribution in [0.5, 0.6) is 0 Å². The Balaban J connectivity index is 2.72. The van der Waals surface area contributed by atoms with Gasteiger partial charge in [-0.25, -0.2) is 9.59 Å². The summed E-state index contributed by atoms with van der Waals surface area (Å²) < 4.78 is 0. The summed E-state index contributed by atoms with van der Waals surface area (Å²) in [4.78, 5) is 38.1. The molecule has 0 bridgehead atoms. The molecule has 0 saturated carbocycles. The third-order valence-electron chi connectivity index (χ3n) is 2.31. The lowest BCUT2D eigenvalue weighted by molar-refractivity contribution is -0.145. The normalized spacial score (nSPS) is 11.4. The predicted molar refractivity (Wildman–Crippen MR) is 64.8 cm³/mol. The van der Waals surface area contributed by atoms with Gasteiger partial charge in [0.2, 0.25) is 0 Å². The van der Waals surface area contributed by atoms with Gasteiger partial charge in [0.15, 0.2) is 0 Å². The second kappa shape index (κ2) is 6.34. The van der Waals surface area contributed by atoms with Gasteiger partial charge in [-0.2, -0.15) is 0 Å². The Morgan fingerprint density at radius 2 is 2.11 bits per heavy atom. The van der Waals surface area contributed by atoms with Crippen molar-refractivity contribution >= 4 is 23.7 Å². The number of carbonyl (C=O) groups excluding carboxylic acids is 1. The van der Waals surface area contributed by atoms with Gasteiger partial charge in [0, 0.05) is 13.2 Å². The van der Waals surface area contributed by atoms with Gasteiger partial charge in [0.05, 0.1) is 18.3 Å². The van der Waals surface area contributed by atoms with Crippen LogP contribution >= 0.6 is 0 Å². The van der Waals surface area contributed by atoms with E-state index in [1.54, 1.807) is 12.1 Å². The van der Waals surface area contributed by atoms with Crippen molar-refractivity contribution in [2.45, 2.75) is 12.5 Å². The summed E-state index contributed by atoms with van der Waals surface area (Å²) in [7, 11) is 1.42. The van der Waals surface area contributed by atoms with Gasteiger partial charge in [0.25, 0.3) is 0 Å². The molecule has 3 N–H and O–H groups in total. The molecule has 19 heavy (non-hydrogen) atoms. The van der Waals surface area contributed by atoms with Crippen molar-refractivity contribution in [1.29, 1.82) is 0 Å². The fourth-order valence-electron chi connectivity index (χ4n) is 1.29. The van der Waals surface area contributed by atoms with Crippen molar-refractivity contribution in [3.63, 3.8) is 0 Å². The van der Waals surface area contributed by atoms with Gasteiger partial charge in [-0.15, -0.1) is 0 Å². The molecule has 0 fully saturated rings. The lowest BCUT2D eigenvalue weighted by Gasteiger charge is -2.20. The second-order valence-corrected chi connectivity index (χ2v) is 3.71. The van der Waals surface area contributed by atoms with Crippen LogP contribution in [-0.2, 0) is 9.59 Å². The van der Waals surface area contributed by atoms with Gasteiger partial charge in [0.1, 0.15) is 6.04 Å². The predicted octanol–water partition coefficient (Wildman–Crippen LogP) is 0.155. The third-order valence-corrected chi connectivity index (χ3v) is 2.31. The molecule has 0 aliphatic heterocycles. The number of aliphatic carboxylic acids is 2. The Morgan fingerprint density at radius 1 is 1.42 bits per heavy atom. The van der Waals surface area contributed by atoms with Crippen LogP contribution in [0.3, 0.4) is 0 Å². The number of nitrogens with one attached hydrogen (secondary N) is 1. The number of aromatic nitrogens is 1. The summed E-state index contributed by atoms with van der Waals surface area (Å²) in [5.41, 5.74) is 0.458. The van der Waals surface area contributed by atoms with Crippen LogP contribution in [-0.4, -0.2) is 46.3 Å². The first-order valence-electron chi connectivity index (χ1n) is 5.30. The van der Waals surface area contributed by atoms with E-state index in [1.807, 2.05) is 0 Å². The molecule has 0 aliphatic carbocycles. The highest BCUT2D eigenvalue weighted by Crippen LogP contribution is 2.09. The molecule has 1 aromatic heterocycles. The van der Waals surface area contributed by atoms with E-state index in [-0.39, 0.29) is 0 Å². The van der Waals surface area contributed by atoms with Crippen molar-refractivity contribution < 1.29 is 24.6 Å².